The lowest BCUT2D eigenvalue weighted by Crippen LogP contribution is -2.49. The van der Waals surface area contributed by atoms with E-state index < -0.39 is 10.0 Å². The molecule has 0 amide bonds. The van der Waals surface area contributed by atoms with Crippen molar-refractivity contribution in [2.75, 3.05) is 26.2 Å². The van der Waals surface area contributed by atoms with Crippen LogP contribution in [-0.4, -0.2) is 54.0 Å². The average molecular weight is 348 g/mol. The molecule has 1 fully saturated rings. The van der Waals surface area contributed by atoms with Crippen LogP contribution in [0.5, 0.6) is 0 Å². The summed E-state index contributed by atoms with van der Waals surface area (Å²) in [4.78, 5) is 2.66. The second-order valence-electron chi connectivity index (χ2n) is 6.29. The van der Waals surface area contributed by atoms with Gasteiger partial charge < -0.3 is 0 Å². The highest BCUT2D eigenvalue weighted by atomic mass is 32.2. The van der Waals surface area contributed by atoms with Crippen LogP contribution in [0.1, 0.15) is 29.9 Å². The van der Waals surface area contributed by atoms with E-state index in [1.807, 2.05) is 18.2 Å². The molecule has 0 aliphatic carbocycles. The van der Waals surface area contributed by atoms with Gasteiger partial charge in [-0.05, 0) is 26.3 Å². The molecule has 0 spiro atoms. The van der Waals surface area contributed by atoms with Gasteiger partial charge in [0, 0.05) is 32.2 Å². The first-order chi connectivity index (χ1) is 11.4. The molecule has 2 heterocycles. The number of hydrogen-bond donors (Lipinski definition) is 1. The zero-order valence-electron chi connectivity index (χ0n) is 14.4. The summed E-state index contributed by atoms with van der Waals surface area (Å²) in [7, 11) is -3.48. The summed E-state index contributed by atoms with van der Waals surface area (Å²) >= 11 is 0. The lowest BCUT2D eigenvalue weighted by molar-refractivity contribution is 0.146. The SMILES string of the molecule is Cc1n[nH]c(C)c1S(=O)(=O)N1CCN(C(C)c2ccccc2)CC1. The minimum atomic E-state index is -3.48. The van der Waals surface area contributed by atoms with E-state index in [1.165, 1.54) is 5.56 Å². The van der Waals surface area contributed by atoms with E-state index >= 15 is 0 Å². The summed E-state index contributed by atoms with van der Waals surface area (Å²) in [5.74, 6) is 0. The summed E-state index contributed by atoms with van der Waals surface area (Å²) in [5.41, 5.74) is 2.40. The number of aryl methyl sites for hydroxylation is 2. The molecule has 6 nitrogen and oxygen atoms in total. The smallest absolute Gasteiger partial charge is 0.246 e. The van der Waals surface area contributed by atoms with Crippen molar-refractivity contribution in [2.24, 2.45) is 0 Å². The minimum absolute atomic E-state index is 0.286. The van der Waals surface area contributed by atoms with Crippen molar-refractivity contribution in [3.05, 3.63) is 47.3 Å². The summed E-state index contributed by atoms with van der Waals surface area (Å²) in [6.45, 7) is 8.11. The molecule has 1 unspecified atom stereocenters. The van der Waals surface area contributed by atoms with Crippen LogP contribution in [0.2, 0.25) is 0 Å². The molecule has 1 aromatic carbocycles. The fourth-order valence-corrected chi connectivity index (χ4v) is 5.08. The van der Waals surface area contributed by atoms with E-state index in [9.17, 15) is 8.42 Å². The largest absolute Gasteiger partial charge is 0.294 e. The third-order valence-corrected chi connectivity index (χ3v) is 6.92. The fourth-order valence-electron chi connectivity index (χ4n) is 3.32. The number of aromatic nitrogens is 2. The highest BCUT2D eigenvalue weighted by molar-refractivity contribution is 7.89. The number of aromatic amines is 1. The summed E-state index contributed by atoms with van der Waals surface area (Å²) in [6.07, 6.45) is 0. The van der Waals surface area contributed by atoms with Crippen molar-refractivity contribution >= 4 is 10.0 Å². The quantitative estimate of drug-likeness (QED) is 0.919. The third-order valence-electron chi connectivity index (χ3n) is 4.76. The Morgan fingerprint density at radius 1 is 1.08 bits per heavy atom. The summed E-state index contributed by atoms with van der Waals surface area (Å²) in [5, 5.41) is 6.78. The maximum Gasteiger partial charge on any atom is 0.246 e. The summed E-state index contributed by atoms with van der Waals surface area (Å²) in [6, 6.07) is 10.6. The number of sulfonamides is 1. The van der Waals surface area contributed by atoms with E-state index in [-0.39, 0.29) is 6.04 Å². The maximum atomic E-state index is 12.9. The van der Waals surface area contributed by atoms with Crippen molar-refractivity contribution < 1.29 is 8.42 Å². The van der Waals surface area contributed by atoms with Crippen molar-refractivity contribution in [3.8, 4) is 0 Å². The molecule has 2 aromatic rings. The number of hydrogen-bond acceptors (Lipinski definition) is 4. The zero-order chi connectivity index (χ0) is 17.3. The second-order valence-corrected chi connectivity index (χ2v) is 8.16. The molecule has 0 radical (unpaired) electrons. The summed E-state index contributed by atoms with van der Waals surface area (Å²) < 4.78 is 27.3. The maximum absolute atomic E-state index is 12.9. The van der Waals surface area contributed by atoms with Crippen LogP contribution in [0.15, 0.2) is 35.2 Å². The average Bonchev–Trinajstić information content (AvgIpc) is 2.94. The van der Waals surface area contributed by atoms with Crippen LogP contribution < -0.4 is 0 Å². The number of nitrogens with zero attached hydrogens (tertiary/aromatic N) is 3. The van der Waals surface area contributed by atoms with Crippen LogP contribution in [0.4, 0.5) is 0 Å². The number of rotatable bonds is 4. The molecule has 24 heavy (non-hydrogen) atoms. The Morgan fingerprint density at radius 2 is 1.71 bits per heavy atom. The lowest BCUT2D eigenvalue weighted by Gasteiger charge is -2.37. The molecule has 1 aliphatic heterocycles. The van der Waals surface area contributed by atoms with Gasteiger partial charge in [-0.25, -0.2) is 8.42 Å². The van der Waals surface area contributed by atoms with Crippen LogP contribution in [0.3, 0.4) is 0 Å². The Hall–Kier alpha value is -1.70. The van der Waals surface area contributed by atoms with Crippen LogP contribution in [-0.2, 0) is 10.0 Å². The molecule has 1 N–H and O–H groups in total. The molecule has 1 aliphatic rings. The molecule has 1 atom stereocenters. The van der Waals surface area contributed by atoms with Gasteiger partial charge in [0.15, 0.2) is 0 Å². The Bertz CT molecular complexity index is 774. The van der Waals surface area contributed by atoms with Crippen molar-refractivity contribution in [1.29, 1.82) is 0 Å². The van der Waals surface area contributed by atoms with Gasteiger partial charge in [0.1, 0.15) is 4.90 Å². The molecule has 0 bridgehead atoms. The monoisotopic (exact) mass is 348 g/mol. The molecule has 3 rings (SSSR count). The second kappa shape index (κ2) is 6.66. The van der Waals surface area contributed by atoms with Crippen LogP contribution >= 0.6 is 0 Å². The van der Waals surface area contributed by atoms with Gasteiger partial charge in [-0.1, -0.05) is 30.3 Å². The number of nitrogens with one attached hydrogen (secondary N) is 1. The van der Waals surface area contributed by atoms with E-state index in [1.54, 1.807) is 18.2 Å². The van der Waals surface area contributed by atoms with E-state index in [4.69, 9.17) is 0 Å². The Morgan fingerprint density at radius 3 is 2.25 bits per heavy atom. The lowest BCUT2D eigenvalue weighted by atomic mass is 10.1. The molecule has 1 saturated heterocycles. The fraction of sp³-hybridized carbons (Fsp3) is 0.471. The van der Waals surface area contributed by atoms with Gasteiger partial charge in [-0.3, -0.25) is 10.00 Å². The molecule has 130 valence electrons. The topological polar surface area (TPSA) is 69.3 Å². The van der Waals surface area contributed by atoms with Crippen molar-refractivity contribution in [3.63, 3.8) is 0 Å². The molecule has 7 heteroatoms. The molecule has 0 saturated carbocycles. The Kier molecular flexibility index (Phi) is 4.76. The van der Waals surface area contributed by atoms with Gasteiger partial charge >= 0.3 is 0 Å². The minimum Gasteiger partial charge on any atom is -0.294 e. The molecule has 1 aromatic heterocycles. The van der Waals surface area contributed by atoms with E-state index in [2.05, 4.69) is 34.2 Å². The van der Waals surface area contributed by atoms with Crippen LogP contribution in [0.25, 0.3) is 0 Å². The normalized spacial score (nSPS) is 18.6. The zero-order valence-corrected chi connectivity index (χ0v) is 15.2. The van der Waals surface area contributed by atoms with Gasteiger partial charge in [0.25, 0.3) is 0 Å². The van der Waals surface area contributed by atoms with Gasteiger partial charge in [0.2, 0.25) is 10.0 Å². The first-order valence-electron chi connectivity index (χ1n) is 8.22. The van der Waals surface area contributed by atoms with E-state index in [0.717, 1.165) is 13.1 Å². The van der Waals surface area contributed by atoms with Gasteiger partial charge in [0.05, 0.1) is 11.4 Å². The predicted octanol–water partition coefficient (Wildman–Crippen LogP) is 2.09. The predicted molar refractivity (Wildman–Crippen MR) is 93.3 cm³/mol. The standard InChI is InChI=1S/C17H24N4O2S/c1-13-17(14(2)19-18-13)24(22,23)21-11-9-20(10-12-21)15(3)16-7-5-4-6-8-16/h4-8,15H,9-12H2,1-3H3,(H,18,19). The highest BCUT2D eigenvalue weighted by Crippen LogP contribution is 2.26. The first-order valence-corrected chi connectivity index (χ1v) is 9.66. The number of benzene rings is 1. The number of piperazine rings is 1. The first kappa shape index (κ1) is 17.1. The molecular formula is C17H24N4O2S. The third kappa shape index (κ3) is 3.11. The van der Waals surface area contributed by atoms with Crippen molar-refractivity contribution in [2.45, 2.75) is 31.7 Å². The Balaban J connectivity index is 1.71. The highest BCUT2D eigenvalue weighted by Gasteiger charge is 2.33. The Labute approximate surface area is 143 Å². The van der Waals surface area contributed by atoms with Crippen molar-refractivity contribution in [1.82, 2.24) is 19.4 Å². The van der Waals surface area contributed by atoms with E-state index in [0.29, 0.717) is 29.4 Å². The van der Waals surface area contributed by atoms with Crippen LogP contribution in [0, 0.1) is 13.8 Å². The van der Waals surface area contributed by atoms with Gasteiger partial charge in [-0.2, -0.15) is 9.40 Å². The van der Waals surface area contributed by atoms with Gasteiger partial charge in [-0.15, -0.1) is 0 Å². The molecular weight excluding hydrogens is 324 g/mol. The number of H-pyrrole nitrogens is 1.